The molecule has 0 fully saturated rings. The van der Waals surface area contributed by atoms with E-state index in [2.05, 4.69) is 56.2 Å². The summed E-state index contributed by atoms with van der Waals surface area (Å²) < 4.78 is 1.25. The zero-order chi connectivity index (χ0) is 11.7. The van der Waals surface area contributed by atoms with E-state index in [-0.39, 0.29) is 0 Å². The van der Waals surface area contributed by atoms with Crippen molar-refractivity contribution in [2.24, 2.45) is 5.92 Å². The molecule has 3 heteroatoms. The Bertz CT molecular complexity index is 488. The first kappa shape index (κ1) is 11.4. The highest BCUT2D eigenvalue weighted by atomic mass is 32.1. The van der Waals surface area contributed by atoms with Gasteiger partial charge in [0.15, 0.2) is 5.13 Å². The zero-order valence-electron chi connectivity index (χ0n) is 10.2. The Kier molecular flexibility index (Phi) is 3.15. The van der Waals surface area contributed by atoms with E-state index in [1.807, 2.05) is 0 Å². The van der Waals surface area contributed by atoms with Crippen LogP contribution >= 0.6 is 11.3 Å². The van der Waals surface area contributed by atoms with Crippen LogP contribution in [0.2, 0.25) is 0 Å². The van der Waals surface area contributed by atoms with Crippen molar-refractivity contribution in [2.45, 2.75) is 33.7 Å². The van der Waals surface area contributed by atoms with Crippen LogP contribution in [0.3, 0.4) is 0 Å². The summed E-state index contributed by atoms with van der Waals surface area (Å²) in [6.45, 7) is 8.73. The molecule has 2 rings (SSSR count). The van der Waals surface area contributed by atoms with E-state index in [0.717, 1.165) is 10.6 Å². The highest BCUT2D eigenvalue weighted by Crippen LogP contribution is 2.27. The molecule has 0 bridgehead atoms. The van der Waals surface area contributed by atoms with Gasteiger partial charge < -0.3 is 5.32 Å². The molecule has 0 aliphatic heterocycles. The Morgan fingerprint density at radius 1 is 1.25 bits per heavy atom. The molecular weight excluding hydrogens is 216 g/mol. The molecule has 1 aromatic heterocycles. The van der Waals surface area contributed by atoms with E-state index >= 15 is 0 Å². The molecule has 2 nitrogen and oxygen atoms in total. The SMILES string of the molecule is Cc1ccc2sc(NC(C)C(C)C)nc2c1. The summed E-state index contributed by atoms with van der Waals surface area (Å²) in [7, 11) is 0. The van der Waals surface area contributed by atoms with E-state index in [9.17, 15) is 0 Å². The first-order valence-electron chi connectivity index (χ1n) is 5.70. The van der Waals surface area contributed by atoms with E-state index < -0.39 is 0 Å². The minimum atomic E-state index is 0.460. The molecule has 0 spiro atoms. The Labute approximate surface area is 101 Å². The maximum absolute atomic E-state index is 4.60. The average Bonchev–Trinajstić information content (AvgIpc) is 2.58. The number of rotatable bonds is 3. The zero-order valence-corrected chi connectivity index (χ0v) is 11.1. The van der Waals surface area contributed by atoms with Gasteiger partial charge in [0.2, 0.25) is 0 Å². The minimum Gasteiger partial charge on any atom is -0.359 e. The van der Waals surface area contributed by atoms with Gasteiger partial charge in [-0.2, -0.15) is 0 Å². The number of hydrogen-bond donors (Lipinski definition) is 1. The summed E-state index contributed by atoms with van der Waals surface area (Å²) in [5.41, 5.74) is 2.37. The molecule has 1 atom stereocenters. The van der Waals surface area contributed by atoms with E-state index in [1.54, 1.807) is 11.3 Å². The van der Waals surface area contributed by atoms with Crippen molar-refractivity contribution in [1.82, 2.24) is 4.98 Å². The van der Waals surface area contributed by atoms with Gasteiger partial charge in [0, 0.05) is 6.04 Å². The third-order valence-electron chi connectivity index (χ3n) is 2.89. The van der Waals surface area contributed by atoms with Crippen LogP contribution in [0, 0.1) is 12.8 Å². The number of aromatic nitrogens is 1. The van der Waals surface area contributed by atoms with Crippen molar-refractivity contribution in [3.05, 3.63) is 23.8 Å². The fraction of sp³-hybridized carbons (Fsp3) is 0.462. The summed E-state index contributed by atoms with van der Waals surface area (Å²) >= 11 is 1.73. The molecule has 0 saturated carbocycles. The molecule has 2 aromatic rings. The van der Waals surface area contributed by atoms with Crippen molar-refractivity contribution < 1.29 is 0 Å². The third-order valence-corrected chi connectivity index (χ3v) is 3.86. The Morgan fingerprint density at radius 2 is 2.00 bits per heavy atom. The molecule has 0 amide bonds. The van der Waals surface area contributed by atoms with Gasteiger partial charge in [-0.3, -0.25) is 0 Å². The number of hydrogen-bond acceptors (Lipinski definition) is 3. The van der Waals surface area contributed by atoms with E-state index in [1.165, 1.54) is 10.3 Å². The average molecular weight is 234 g/mol. The molecule has 1 N–H and O–H groups in total. The predicted octanol–water partition coefficient (Wildman–Crippen LogP) is 4.06. The largest absolute Gasteiger partial charge is 0.359 e. The lowest BCUT2D eigenvalue weighted by molar-refractivity contribution is 0.560. The lowest BCUT2D eigenvalue weighted by atomic mass is 10.1. The fourth-order valence-electron chi connectivity index (χ4n) is 1.46. The second kappa shape index (κ2) is 4.42. The first-order chi connectivity index (χ1) is 7.56. The second-order valence-electron chi connectivity index (χ2n) is 4.67. The van der Waals surface area contributed by atoms with Gasteiger partial charge in [0.05, 0.1) is 10.2 Å². The number of benzene rings is 1. The lowest BCUT2D eigenvalue weighted by Crippen LogP contribution is -2.21. The molecule has 0 aliphatic carbocycles. The number of aryl methyl sites for hydroxylation is 1. The number of fused-ring (bicyclic) bond motifs is 1. The third kappa shape index (κ3) is 2.35. The van der Waals surface area contributed by atoms with Crippen molar-refractivity contribution in [1.29, 1.82) is 0 Å². The predicted molar refractivity (Wildman–Crippen MR) is 72.3 cm³/mol. The molecule has 1 unspecified atom stereocenters. The van der Waals surface area contributed by atoms with E-state index in [4.69, 9.17) is 0 Å². The maximum Gasteiger partial charge on any atom is 0.184 e. The summed E-state index contributed by atoms with van der Waals surface area (Å²) in [6, 6.07) is 6.88. The van der Waals surface area contributed by atoms with Gasteiger partial charge in [-0.1, -0.05) is 31.3 Å². The maximum atomic E-state index is 4.60. The smallest absolute Gasteiger partial charge is 0.184 e. The number of nitrogens with one attached hydrogen (secondary N) is 1. The number of anilines is 1. The van der Waals surface area contributed by atoms with Gasteiger partial charge in [-0.15, -0.1) is 0 Å². The Morgan fingerprint density at radius 3 is 2.69 bits per heavy atom. The molecule has 1 aromatic carbocycles. The van der Waals surface area contributed by atoms with Crippen molar-refractivity contribution in [2.75, 3.05) is 5.32 Å². The monoisotopic (exact) mass is 234 g/mol. The fourth-order valence-corrected chi connectivity index (χ4v) is 2.40. The summed E-state index contributed by atoms with van der Waals surface area (Å²) in [6.07, 6.45) is 0. The molecule has 1 heterocycles. The van der Waals surface area contributed by atoms with Crippen LogP contribution in [0.5, 0.6) is 0 Å². The summed E-state index contributed by atoms with van der Waals surface area (Å²) in [5, 5.41) is 4.49. The van der Waals surface area contributed by atoms with Crippen LogP contribution in [-0.2, 0) is 0 Å². The van der Waals surface area contributed by atoms with Crippen molar-refractivity contribution >= 4 is 26.7 Å². The molecule has 16 heavy (non-hydrogen) atoms. The standard InChI is InChI=1S/C13H18N2S/c1-8(2)10(4)14-13-15-11-7-9(3)5-6-12(11)16-13/h5-8,10H,1-4H3,(H,14,15). The molecule has 0 radical (unpaired) electrons. The van der Waals surface area contributed by atoms with Crippen molar-refractivity contribution in [3.8, 4) is 0 Å². The Hall–Kier alpha value is -1.09. The van der Waals surface area contributed by atoms with E-state index in [0.29, 0.717) is 12.0 Å². The molecule has 0 saturated heterocycles. The van der Waals surface area contributed by atoms with Gasteiger partial charge in [-0.25, -0.2) is 4.98 Å². The molecule has 0 aliphatic rings. The van der Waals surface area contributed by atoms with Crippen LogP contribution in [0.4, 0.5) is 5.13 Å². The summed E-state index contributed by atoms with van der Waals surface area (Å²) in [4.78, 5) is 4.60. The van der Waals surface area contributed by atoms with Crippen LogP contribution in [-0.4, -0.2) is 11.0 Å². The second-order valence-corrected chi connectivity index (χ2v) is 5.70. The van der Waals surface area contributed by atoms with Crippen molar-refractivity contribution in [3.63, 3.8) is 0 Å². The topological polar surface area (TPSA) is 24.9 Å². The first-order valence-corrected chi connectivity index (χ1v) is 6.51. The lowest BCUT2D eigenvalue weighted by Gasteiger charge is -2.16. The number of nitrogens with zero attached hydrogens (tertiary/aromatic N) is 1. The summed E-state index contributed by atoms with van der Waals surface area (Å²) in [5.74, 6) is 0.619. The Balaban J connectivity index is 2.26. The highest BCUT2D eigenvalue weighted by molar-refractivity contribution is 7.22. The minimum absolute atomic E-state index is 0.460. The van der Waals surface area contributed by atoms with Crippen LogP contribution in [0.15, 0.2) is 18.2 Å². The highest BCUT2D eigenvalue weighted by Gasteiger charge is 2.09. The van der Waals surface area contributed by atoms with Gasteiger partial charge in [0.1, 0.15) is 0 Å². The van der Waals surface area contributed by atoms with Crippen LogP contribution in [0.25, 0.3) is 10.2 Å². The quantitative estimate of drug-likeness (QED) is 0.866. The van der Waals surface area contributed by atoms with Crippen LogP contribution < -0.4 is 5.32 Å². The van der Waals surface area contributed by atoms with Crippen LogP contribution in [0.1, 0.15) is 26.3 Å². The molecular formula is C13H18N2S. The normalized spacial score (nSPS) is 13.3. The molecule has 86 valence electrons. The van der Waals surface area contributed by atoms with Gasteiger partial charge >= 0.3 is 0 Å². The number of thiazole rings is 1. The van der Waals surface area contributed by atoms with Gasteiger partial charge in [0.25, 0.3) is 0 Å². The van der Waals surface area contributed by atoms with Gasteiger partial charge in [-0.05, 0) is 37.5 Å².